The van der Waals surface area contributed by atoms with E-state index in [2.05, 4.69) is 5.10 Å². The van der Waals surface area contributed by atoms with Crippen LogP contribution in [0.25, 0.3) is 5.69 Å². The van der Waals surface area contributed by atoms with Crippen LogP contribution in [0.5, 0.6) is 0 Å². The Hall–Kier alpha value is -1.56. The molecule has 0 aliphatic carbocycles. The minimum absolute atomic E-state index is 0. The molecule has 2 aromatic rings. The second kappa shape index (κ2) is 7.63. The predicted octanol–water partition coefficient (Wildman–Crippen LogP) is 2.68. The van der Waals surface area contributed by atoms with Crippen molar-refractivity contribution in [2.45, 2.75) is 19.9 Å². The summed E-state index contributed by atoms with van der Waals surface area (Å²) < 4.78 is 1.71. The summed E-state index contributed by atoms with van der Waals surface area (Å²) in [6, 6.07) is 7.33. The second-order valence-electron chi connectivity index (χ2n) is 5.04. The Morgan fingerprint density at radius 3 is 2.77 bits per heavy atom. The summed E-state index contributed by atoms with van der Waals surface area (Å²) in [6.07, 6.45) is 1.58. The number of likely N-dealkylation sites (N-methyl/N-ethyl adjacent to an activating group) is 1. The molecule has 0 aliphatic heterocycles. The van der Waals surface area contributed by atoms with E-state index in [4.69, 9.17) is 17.3 Å². The van der Waals surface area contributed by atoms with E-state index >= 15 is 0 Å². The summed E-state index contributed by atoms with van der Waals surface area (Å²) >= 11 is 6.00. The Bertz CT molecular complexity index is 657. The predicted molar refractivity (Wildman–Crippen MR) is 91.2 cm³/mol. The lowest BCUT2D eigenvalue weighted by molar-refractivity contribution is 0.0747. The molecule has 5 nitrogen and oxygen atoms in total. The maximum Gasteiger partial charge on any atom is 0.257 e. The van der Waals surface area contributed by atoms with Gasteiger partial charge in [0.05, 0.1) is 23.1 Å². The smallest absolute Gasteiger partial charge is 0.257 e. The molecule has 2 N–H and O–H groups in total. The highest BCUT2D eigenvalue weighted by Gasteiger charge is 2.21. The molecule has 0 aliphatic rings. The van der Waals surface area contributed by atoms with Crippen LogP contribution < -0.4 is 5.73 Å². The first-order valence-electron chi connectivity index (χ1n) is 6.73. The van der Waals surface area contributed by atoms with Crippen LogP contribution in [0.4, 0.5) is 0 Å². The van der Waals surface area contributed by atoms with E-state index in [9.17, 15) is 4.79 Å². The van der Waals surface area contributed by atoms with Gasteiger partial charge >= 0.3 is 0 Å². The van der Waals surface area contributed by atoms with Crippen LogP contribution in [0.2, 0.25) is 5.02 Å². The monoisotopic (exact) mass is 342 g/mol. The maximum atomic E-state index is 12.5. The van der Waals surface area contributed by atoms with Crippen LogP contribution in [0, 0.1) is 6.92 Å². The molecule has 0 bridgehead atoms. The third kappa shape index (κ3) is 3.61. The summed E-state index contributed by atoms with van der Waals surface area (Å²) in [4.78, 5) is 14.1. The lowest BCUT2D eigenvalue weighted by atomic mass is 10.2. The summed E-state index contributed by atoms with van der Waals surface area (Å²) in [6.45, 7) is 4.19. The van der Waals surface area contributed by atoms with Gasteiger partial charge in [-0.1, -0.05) is 17.7 Å². The summed E-state index contributed by atoms with van der Waals surface area (Å²) in [5.41, 5.74) is 7.78. The zero-order chi connectivity index (χ0) is 15.6. The molecule has 1 heterocycles. The third-order valence-corrected chi connectivity index (χ3v) is 3.85. The first kappa shape index (κ1) is 18.5. The molecule has 1 amide bonds. The minimum atomic E-state index is -0.0845. The Balaban J connectivity index is 0.00000242. The van der Waals surface area contributed by atoms with Gasteiger partial charge in [0.1, 0.15) is 0 Å². The highest BCUT2D eigenvalue weighted by atomic mass is 35.5. The van der Waals surface area contributed by atoms with Gasteiger partial charge in [-0.15, -0.1) is 12.4 Å². The van der Waals surface area contributed by atoms with Crippen molar-refractivity contribution >= 4 is 29.9 Å². The van der Waals surface area contributed by atoms with Gasteiger partial charge in [-0.05, 0) is 32.0 Å². The van der Waals surface area contributed by atoms with Crippen molar-refractivity contribution in [1.82, 2.24) is 14.7 Å². The lowest BCUT2D eigenvalue weighted by Crippen LogP contribution is -2.39. The average Bonchev–Trinajstić information content (AvgIpc) is 2.86. The molecule has 2 rings (SSSR count). The Kier molecular flexibility index (Phi) is 6.41. The van der Waals surface area contributed by atoms with E-state index < -0.39 is 0 Å². The van der Waals surface area contributed by atoms with Gasteiger partial charge in [-0.2, -0.15) is 5.10 Å². The van der Waals surface area contributed by atoms with Crippen molar-refractivity contribution in [3.63, 3.8) is 0 Å². The van der Waals surface area contributed by atoms with Gasteiger partial charge in [0.25, 0.3) is 5.91 Å². The van der Waals surface area contributed by atoms with Crippen LogP contribution >= 0.6 is 24.0 Å². The van der Waals surface area contributed by atoms with Gasteiger partial charge in [0.2, 0.25) is 0 Å². The van der Waals surface area contributed by atoms with Gasteiger partial charge in [-0.25, -0.2) is 4.68 Å². The summed E-state index contributed by atoms with van der Waals surface area (Å²) in [5.74, 6) is -0.0845. The molecule has 0 radical (unpaired) electrons. The van der Waals surface area contributed by atoms with Gasteiger partial charge in [-0.3, -0.25) is 4.79 Å². The van der Waals surface area contributed by atoms with Crippen molar-refractivity contribution in [2.24, 2.45) is 5.73 Å². The van der Waals surface area contributed by atoms with E-state index in [1.54, 1.807) is 28.9 Å². The Morgan fingerprint density at radius 1 is 1.50 bits per heavy atom. The van der Waals surface area contributed by atoms with Crippen molar-refractivity contribution in [3.8, 4) is 5.69 Å². The van der Waals surface area contributed by atoms with E-state index in [-0.39, 0.29) is 24.4 Å². The minimum Gasteiger partial charge on any atom is -0.338 e. The molecule has 1 aromatic heterocycles. The molecule has 1 unspecified atom stereocenters. The highest BCUT2D eigenvalue weighted by molar-refractivity contribution is 6.30. The lowest BCUT2D eigenvalue weighted by Gasteiger charge is -2.23. The van der Waals surface area contributed by atoms with Gasteiger partial charge in [0.15, 0.2) is 0 Å². The number of hydrogen-bond donors (Lipinski definition) is 1. The molecule has 22 heavy (non-hydrogen) atoms. The normalized spacial score (nSPS) is 11.7. The standard InChI is InChI=1S/C15H19ClN4O.ClH/c1-10(8-17)19(3)15(21)14-9-18-20(11(14)2)13-6-4-5-12(16)7-13;/h4-7,9-10H,8,17H2,1-3H3;1H. The van der Waals surface area contributed by atoms with Gasteiger partial charge in [0, 0.05) is 24.7 Å². The molecule has 120 valence electrons. The van der Waals surface area contributed by atoms with Crippen LogP contribution in [-0.4, -0.2) is 40.2 Å². The molecular weight excluding hydrogens is 323 g/mol. The zero-order valence-electron chi connectivity index (χ0n) is 12.8. The highest BCUT2D eigenvalue weighted by Crippen LogP contribution is 2.19. The van der Waals surface area contributed by atoms with Crippen molar-refractivity contribution in [2.75, 3.05) is 13.6 Å². The van der Waals surface area contributed by atoms with Crippen LogP contribution in [0.3, 0.4) is 0 Å². The summed E-state index contributed by atoms with van der Waals surface area (Å²) in [5, 5.41) is 4.92. The number of hydrogen-bond acceptors (Lipinski definition) is 3. The van der Waals surface area contributed by atoms with E-state index in [1.807, 2.05) is 32.0 Å². The average molecular weight is 343 g/mol. The van der Waals surface area contributed by atoms with Crippen LogP contribution in [-0.2, 0) is 0 Å². The number of nitrogens with two attached hydrogens (primary N) is 1. The molecule has 1 atom stereocenters. The second-order valence-corrected chi connectivity index (χ2v) is 5.47. The molecule has 0 saturated heterocycles. The Labute approximate surface area is 141 Å². The van der Waals surface area contributed by atoms with E-state index in [1.165, 1.54) is 0 Å². The van der Waals surface area contributed by atoms with E-state index in [0.29, 0.717) is 17.1 Å². The van der Waals surface area contributed by atoms with Gasteiger partial charge < -0.3 is 10.6 Å². The number of amides is 1. The molecule has 0 fully saturated rings. The van der Waals surface area contributed by atoms with Crippen LogP contribution in [0.15, 0.2) is 30.5 Å². The zero-order valence-corrected chi connectivity index (χ0v) is 14.4. The molecule has 0 spiro atoms. The third-order valence-electron chi connectivity index (χ3n) is 3.62. The first-order valence-corrected chi connectivity index (χ1v) is 7.11. The molecular formula is C15H20Cl2N4O. The number of carbonyl (C=O) groups is 1. The number of halogens is 2. The number of benzene rings is 1. The Morgan fingerprint density at radius 2 is 2.18 bits per heavy atom. The number of carbonyl (C=O) groups excluding carboxylic acids is 1. The number of rotatable bonds is 4. The molecule has 0 saturated carbocycles. The fourth-order valence-electron chi connectivity index (χ4n) is 2.04. The summed E-state index contributed by atoms with van der Waals surface area (Å²) in [7, 11) is 1.75. The van der Waals surface area contributed by atoms with E-state index in [0.717, 1.165) is 11.4 Å². The maximum absolute atomic E-state index is 12.5. The largest absolute Gasteiger partial charge is 0.338 e. The molecule has 7 heteroatoms. The SMILES string of the molecule is Cc1c(C(=O)N(C)C(C)CN)cnn1-c1cccc(Cl)c1.Cl. The fourth-order valence-corrected chi connectivity index (χ4v) is 2.22. The first-order chi connectivity index (χ1) is 9.95. The van der Waals surface area contributed by atoms with Crippen molar-refractivity contribution in [3.05, 3.63) is 46.7 Å². The number of nitrogens with zero attached hydrogens (tertiary/aromatic N) is 3. The number of aromatic nitrogens is 2. The fraction of sp³-hybridized carbons (Fsp3) is 0.333. The van der Waals surface area contributed by atoms with Crippen molar-refractivity contribution in [1.29, 1.82) is 0 Å². The topological polar surface area (TPSA) is 64.2 Å². The van der Waals surface area contributed by atoms with Crippen LogP contribution in [0.1, 0.15) is 23.0 Å². The quantitative estimate of drug-likeness (QED) is 0.928. The molecule has 1 aromatic carbocycles. The van der Waals surface area contributed by atoms with Crippen molar-refractivity contribution < 1.29 is 4.79 Å².